The average Bonchev–Trinajstić information content (AvgIpc) is 2.62. The molecule has 1 saturated heterocycles. The minimum absolute atomic E-state index is 0.173. The first-order valence-corrected chi connectivity index (χ1v) is 4.75. The summed E-state index contributed by atoms with van der Waals surface area (Å²) >= 11 is 0. The van der Waals surface area contributed by atoms with Crippen LogP contribution in [0.15, 0.2) is 0 Å². The van der Waals surface area contributed by atoms with E-state index in [2.05, 4.69) is 14.8 Å². The van der Waals surface area contributed by atoms with Crippen LogP contribution in [0, 0.1) is 0 Å². The lowest BCUT2D eigenvalue weighted by molar-refractivity contribution is -0.159. The number of hydrogen-bond acceptors (Lipinski definition) is 5. The fraction of sp³-hybridized carbons (Fsp3) is 0.667. The fourth-order valence-corrected chi connectivity index (χ4v) is 1.22. The Morgan fingerprint density at radius 2 is 2.20 bits per heavy atom. The van der Waals surface area contributed by atoms with Crippen LogP contribution in [0.5, 0.6) is 0 Å². The Bertz CT molecular complexity index is 276. The first-order chi connectivity index (χ1) is 7.13. The fourth-order valence-electron chi connectivity index (χ4n) is 1.22. The third kappa shape index (κ3) is 3.57. The van der Waals surface area contributed by atoms with Crippen molar-refractivity contribution in [1.29, 1.82) is 0 Å². The number of amides is 1. The predicted molar refractivity (Wildman–Crippen MR) is 48.8 cm³/mol. The summed E-state index contributed by atoms with van der Waals surface area (Å²) in [6.45, 7) is 1.51. The molecule has 1 aliphatic rings. The summed E-state index contributed by atoms with van der Waals surface area (Å²) in [7, 11) is 0. The lowest BCUT2D eigenvalue weighted by atomic mass is 10.2. The Morgan fingerprint density at radius 1 is 1.47 bits per heavy atom. The smallest absolute Gasteiger partial charge is 0.344 e. The summed E-state index contributed by atoms with van der Waals surface area (Å²) in [5.74, 6) is -1.35. The predicted octanol–water partition coefficient (Wildman–Crippen LogP) is -0.629. The Balaban J connectivity index is 2.24. The quantitative estimate of drug-likeness (QED) is 0.631. The first kappa shape index (κ1) is 11.5. The topological polar surface area (TPSA) is 81.7 Å². The molecule has 84 valence electrons. The van der Waals surface area contributed by atoms with E-state index in [0.717, 1.165) is 0 Å². The highest BCUT2D eigenvalue weighted by Gasteiger charge is 2.28. The number of hydrogen-bond donors (Lipinski definition) is 1. The van der Waals surface area contributed by atoms with E-state index < -0.39 is 24.6 Å². The number of ether oxygens (including phenoxy) is 2. The molecule has 1 heterocycles. The van der Waals surface area contributed by atoms with Crippen LogP contribution < -0.4 is 5.32 Å². The molecule has 1 unspecified atom stereocenters. The van der Waals surface area contributed by atoms with E-state index in [1.807, 2.05) is 0 Å². The van der Waals surface area contributed by atoms with Gasteiger partial charge in [0.15, 0.2) is 6.61 Å². The summed E-state index contributed by atoms with van der Waals surface area (Å²) in [4.78, 5) is 32.9. The van der Waals surface area contributed by atoms with Crippen molar-refractivity contribution in [3.8, 4) is 0 Å². The van der Waals surface area contributed by atoms with E-state index in [1.54, 1.807) is 6.92 Å². The van der Waals surface area contributed by atoms with Crippen molar-refractivity contribution in [2.75, 3.05) is 13.2 Å². The van der Waals surface area contributed by atoms with Crippen LogP contribution in [0.25, 0.3) is 0 Å². The van der Waals surface area contributed by atoms with E-state index in [4.69, 9.17) is 0 Å². The third-order valence-electron chi connectivity index (χ3n) is 1.92. The summed E-state index contributed by atoms with van der Waals surface area (Å²) in [6, 6.07) is -0.619. The van der Waals surface area contributed by atoms with Crippen molar-refractivity contribution in [1.82, 2.24) is 5.32 Å². The van der Waals surface area contributed by atoms with Gasteiger partial charge in [-0.1, -0.05) is 0 Å². The van der Waals surface area contributed by atoms with Crippen molar-refractivity contribution in [3.63, 3.8) is 0 Å². The molecule has 0 bridgehead atoms. The van der Waals surface area contributed by atoms with Crippen molar-refractivity contribution >= 4 is 17.8 Å². The van der Waals surface area contributed by atoms with Crippen LogP contribution in [0.4, 0.5) is 0 Å². The van der Waals surface area contributed by atoms with Crippen molar-refractivity contribution in [2.24, 2.45) is 0 Å². The van der Waals surface area contributed by atoms with Crippen LogP contribution in [-0.2, 0) is 23.9 Å². The van der Waals surface area contributed by atoms with Crippen LogP contribution in [0.3, 0.4) is 0 Å². The molecule has 0 aliphatic carbocycles. The van der Waals surface area contributed by atoms with Gasteiger partial charge < -0.3 is 14.8 Å². The summed E-state index contributed by atoms with van der Waals surface area (Å²) < 4.78 is 9.23. The largest absolute Gasteiger partial charge is 0.463 e. The van der Waals surface area contributed by atoms with Crippen LogP contribution in [0.2, 0.25) is 0 Å². The maximum absolute atomic E-state index is 11.3. The molecule has 6 nitrogen and oxygen atoms in total. The standard InChI is InChI=1S/C9H13NO5/c1-2-14-8(12)5-15-9(13)6-3-4-7(11)10-6/h6H,2-5H2,1H3,(H,10,11). The van der Waals surface area contributed by atoms with Gasteiger partial charge in [-0.2, -0.15) is 0 Å². The van der Waals surface area contributed by atoms with Crippen molar-refractivity contribution < 1.29 is 23.9 Å². The van der Waals surface area contributed by atoms with Crippen molar-refractivity contribution in [2.45, 2.75) is 25.8 Å². The number of rotatable bonds is 4. The zero-order chi connectivity index (χ0) is 11.3. The Kier molecular flexibility index (Phi) is 4.08. The number of carbonyl (C=O) groups excluding carboxylic acids is 3. The van der Waals surface area contributed by atoms with Crippen LogP contribution in [0.1, 0.15) is 19.8 Å². The van der Waals surface area contributed by atoms with Gasteiger partial charge in [-0.15, -0.1) is 0 Å². The Hall–Kier alpha value is -1.59. The second kappa shape index (κ2) is 5.33. The molecule has 0 spiro atoms. The molecule has 1 N–H and O–H groups in total. The molecule has 6 heteroatoms. The van der Waals surface area contributed by atoms with Gasteiger partial charge in [-0.05, 0) is 13.3 Å². The van der Waals surface area contributed by atoms with Gasteiger partial charge in [0, 0.05) is 6.42 Å². The first-order valence-electron chi connectivity index (χ1n) is 4.75. The summed E-state index contributed by atoms with van der Waals surface area (Å²) in [6.07, 6.45) is 0.736. The molecule has 15 heavy (non-hydrogen) atoms. The van der Waals surface area contributed by atoms with E-state index in [1.165, 1.54) is 0 Å². The molecule has 1 amide bonds. The molecule has 0 saturated carbocycles. The molecule has 1 rings (SSSR count). The molecule has 0 aromatic carbocycles. The molecule has 0 aromatic rings. The van der Waals surface area contributed by atoms with E-state index in [0.29, 0.717) is 12.8 Å². The zero-order valence-corrected chi connectivity index (χ0v) is 8.45. The molecule has 0 aromatic heterocycles. The van der Waals surface area contributed by atoms with Crippen LogP contribution in [-0.4, -0.2) is 37.1 Å². The lowest BCUT2D eigenvalue weighted by Crippen LogP contribution is -2.35. The highest BCUT2D eigenvalue weighted by atomic mass is 16.6. The van der Waals surface area contributed by atoms with E-state index >= 15 is 0 Å². The maximum Gasteiger partial charge on any atom is 0.344 e. The van der Waals surface area contributed by atoms with Gasteiger partial charge in [0.1, 0.15) is 6.04 Å². The monoisotopic (exact) mass is 215 g/mol. The number of nitrogens with one attached hydrogen (secondary N) is 1. The van der Waals surface area contributed by atoms with E-state index in [-0.39, 0.29) is 12.5 Å². The van der Waals surface area contributed by atoms with Crippen LogP contribution >= 0.6 is 0 Å². The summed E-state index contributed by atoms with van der Waals surface area (Å²) in [5.41, 5.74) is 0. The minimum Gasteiger partial charge on any atom is -0.463 e. The van der Waals surface area contributed by atoms with Gasteiger partial charge in [0.2, 0.25) is 5.91 Å². The number of esters is 2. The lowest BCUT2D eigenvalue weighted by Gasteiger charge is -2.09. The molecule has 1 aliphatic heterocycles. The maximum atomic E-state index is 11.3. The second-order valence-corrected chi connectivity index (χ2v) is 3.07. The van der Waals surface area contributed by atoms with Gasteiger partial charge in [0.25, 0.3) is 0 Å². The highest BCUT2D eigenvalue weighted by Crippen LogP contribution is 2.07. The Morgan fingerprint density at radius 3 is 2.73 bits per heavy atom. The van der Waals surface area contributed by atoms with Gasteiger partial charge >= 0.3 is 11.9 Å². The molecular weight excluding hydrogens is 202 g/mol. The minimum atomic E-state index is -0.619. The van der Waals surface area contributed by atoms with Gasteiger partial charge in [-0.25, -0.2) is 9.59 Å². The van der Waals surface area contributed by atoms with E-state index in [9.17, 15) is 14.4 Å². The normalized spacial score (nSPS) is 19.5. The molecular formula is C9H13NO5. The highest BCUT2D eigenvalue weighted by molar-refractivity contribution is 5.88. The number of carbonyl (C=O) groups is 3. The third-order valence-corrected chi connectivity index (χ3v) is 1.92. The summed E-state index contributed by atoms with van der Waals surface area (Å²) in [5, 5.41) is 2.44. The Labute approximate surface area is 86.9 Å². The van der Waals surface area contributed by atoms with Gasteiger partial charge in [0.05, 0.1) is 6.61 Å². The van der Waals surface area contributed by atoms with Crippen molar-refractivity contribution in [3.05, 3.63) is 0 Å². The molecule has 0 radical (unpaired) electrons. The molecule has 1 atom stereocenters. The second-order valence-electron chi connectivity index (χ2n) is 3.07. The molecule has 1 fully saturated rings. The SMILES string of the molecule is CCOC(=O)COC(=O)C1CCC(=O)N1. The average molecular weight is 215 g/mol. The van der Waals surface area contributed by atoms with Gasteiger partial charge in [-0.3, -0.25) is 4.79 Å². The zero-order valence-electron chi connectivity index (χ0n) is 8.45.